The van der Waals surface area contributed by atoms with Crippen LogP contribution in [-0.4, -0.2) is 30.4 Å². The lowest BCUT2D eigenvalue weighted by Gasteiger charge is -2.16. The molecule has 1 aromatic carbocycles. The predicted octanol–water partition coefficient (Wildman–Crippen LogP) is 4.39. The van der Waals surface area contributed by atoms with Crippen molar-refractivity contribution >= 4 is 44.8 Å². The Labute approximate surface area is 168 Å². The van der Waals surface area contributed by atoms with E-state index in [-0.39, 0.29) is 24.2 Å². The molecule has 0 atom stereocenters. The molecular formula is C19H17BrN2O4S. The standard InChI is InChI=1S/C19H17BrN2O4S/c1-22(11-15-7-8-17(20)27-15)18(23)12-26-14-5-2-4-13(10-14)21-19(24)16-6-3-9-25-16/h2-10H,11-12H2,1H3,(H,21,24). The van der Waals surface area contributed by atoms with Gasteiger partial charge in [-0.1, -0.05) is 6.07 Å². The number of ether oxygens (including phenoxy) is 1. The molecule has 140 valence electrons. The average Bonchev–Trinajstić information content (AvgIpc) is 3.32. The van der Waals surface area contributed by atoms with Crippen molar-refractivity contribution < 1.29 is 18.7 Å². The maximum atomic E-state index is 12.3. The molecule has 6 nitrogen and oxygen atoms in total. The van der Waals surface area contributed by atoms with Crippen LogP contribution < -0.4 is 10.1 Å². The van der Waals surface area contributed by atoms with Gasteiger partial charge < -0.3 is 19.4 Å². The van der Waals surface area contributed by atoms with Crippen LogP contribution in [0.15, 0.2) is 63.0 Å². The molecule has 0 radical (unpaired) electrons. The molecule has 0 unspecified atom stereocenters. The molecule has 3 aromatic rings. The third-order valence-corrected chi connectivity index (χ3v) is 5.26. The zero-order chi connectivity index (χ0) is 19.2. The summed E-state index contributed by atoms with van der Waals surface area (Å²) < 4.78 is 11.7. The number of carbonyl (C=O) groups excluding carboxylic acids is 2. The first-order valence-electron chi connectivity index (χ1n) is 8.07. The normalized spacial score (nSPS) is 10.4. The highest BCUT2D eigenvalue weighted by atomic mass is 79.9. The number of rotatable bonds is 7. The first kappa shape index (κ1) is 19.2. The minimum Gasteiger partial charge on any atom is -0.484 e. The molecule has 0 bridgehead atoms. The van der Waals surface area contributed by atoms with Gasteiger partial charge in [-0.25, -0.2) is 0 Å². The fourth-order valence-electron chi connectivity index (χ4n) is 2.28. The maximum Gasteiger partial charge on any atom is 0.291 e. The summed E-state index contributed by atoms with van der Waals surface area (Å²) in [6.07, 6.45) is 1.44. The smallest absolute Gasteiger partial charge is 0.291 e. The number of amides is 2. The van der Waals surface area contributed by atoms with Crippen LogP contribution >= 0.6 is 27.3 Å². The molecule has 27 heavy (non-hydrogen) atoms. The van der Waals surface area contributed by atoms with Crippen molar-refractivity contribution in [3.8, 4) is 5.75 Å². The number of benzene rings is 1. The van der Waals surface area contributed by atoms with E-state index in [9.17, 15) is 9.59 Å². The van der Waals surface area contributed by atoms with Gasteiger partial charge in [0.05, 0.1) is 16.6 Å². The molecule has 0 aliphatic rings. The van der Waals surface area contributed by atoms with Gasteiger partial charge >= 0.3 is 0 Å². The Bertz CT molecular complexity index is 923. The van der Waals surface area contributed by atoms with E-state index in [1.54, 1.807) is 59.7 Å². The molecule has 0 spiro atoms. The number of hydrogen-bond donors (Lipinski definition) is 1. The zero-order valence-corrected chi connectivity index (χ0v) is 16.9. The van der Waals surface area contributed by atoms with Gasteiger partial charge in [0.2, 0.25) is 0 Å². The lowest BCUT2D eigenvalue weighted by Crippen LogP contribution is -2.30. The average molecular weight is 449 g/mol. The van der Waals surface area contributed by atoms with Gasteiger partial charge in [0.15, 0.2) is 12.4 Å². The Morgan fingerprint density at radius 2 is 2.07 bits per heavy atom. The van der Waals surface area contributed by atoms with E-state index in [0.717, 1.165) is 8.66 Å². The van der Waals surface area contributed by atoms with Crippen molar-refractivity contribution in [1.82, 2.24) is 4.90 Å². The van der Waals surface area contributed by atoms with E-state index in [4.69, 9.17) is 9.15 Å². The third kappa shape index (κ3) is 5.45. The maximum absolute atomic E-state index is 12.3. The second-order valence-corrected chi connectivity index (χ2v) is 8.25. The summed E-state index contributed by atoms with van der Waals surface area (Å²) in [5, 5.41) is 2.72. The van der Waals surface area contributed by atoms with Crippen LogP contribution in [0.1, 0.15) is 15.4 Å². The number of furan rings is 1. The largest absolute Gasteiger partial charge is 0.484 e. The molecule has 1 N–H and O–H groups in total. The SMILES string of the molecule is CN(Cc1ccc(Br)s1)C(=O)COc1cccc(NC(=O)c2ccco2)c1. The highest BCUT2D eigenvalue weighted by Crippen LogP contribution is 2.23. The molecule has 2 amide bonds. The minimum atomic E-state index is -0.352. The summed E-state index contributed by atoms with van der Waals surface area (Å²) in [6, 6.07) is 14.0. The number of hydrogen-bond acceptors (Lipinski definition) is 5. The number of halogens is 1. The van der Waals surface area contributed by atoms with E-state index in [1.807, 2.05) is 12.1 Å². The van der Waals surface area contributed by atoms with Crippen molar-refractivity contribution in [2.45, 2.75) is 6.54 Å². The molecule has 0 saturated heterocycles. The fraction of sp³-hybridized carbons (Fsp3) is 0.158. The first-order chi connectivity index (χ1) is 13.0. The predicted molar refractivity (Wildman–Crippen MR) is 107 cm³/mol. The molecule has 3 rings (SSSR count). The molecule has 0 fully saturated rings. The lowest BCUT2D eigenvalue weighted by molar-refractivity contribution is -0.132. The van der Waals surface area contributed by atoms with Crippen molar-refractivity contribution in [3.05, 3.63) is 69.2 Å². The van der Waals surface area contributed by atoms with Crippen molar-refractivity contribution in [1.29, 1.82) is 0 Å². The van der Waals surface area contributed by atoms with Crippen LogP contribution in [-0.2, 0) is 11.3 Å². The summed E-state index contributed by atoms with van der Waals surface area (Å²) in [5.41, 5.74) is 0.554. The van der Waals surface area contributed by atoms with Gasteiger partial charge in [-0.15, -0.1) is 11.3 Å². The number of anilines is 1. The quantitative estimate of drug-likeness (QED) is 0.581. The van der Waals surface area contributed by atoms with Gasteiger partial charge in [0.25, 0.3) is 11.8 Å². The second-order valence-electron chi connectivity index (χ2n) is 5.70. The highest BCUT2D eigenvalue weighted by Gasteiger charge is 2.12. The summed E-state index contributed by atoms with van der Waals surface area (Å²) in [7, 11) is 1.74. The van der Waals surface area contributed by atoms with Crippen molar-refractivity contribution in [2.24, 2.45) is 0 Å². The van der Waals surface area contributed by atoms with Crippen LogP contribution in [0, 0.1) is 0 Å². The highest BCUT2D eigenvalue weighted by molar-refractivity contribution is 9.11. The molecule has 2 heterocycles. The van der Waals surface area contributed by atoms with Crippen molar-refractivity contribution in [3.63, 3.8) is 0 Å². The van der Waals surface area contributed by atoms with E-state index < -0.39 is 0 Å². The summed E-state index contributed by atoms with van der Waals surface area (Å²) >= 11 is 5.00. The minimum absolute atomic E-state index is 0.0847. The first-order valence-corrected chi connectivity index (χ1v) is 9.68. The van der Waals surface area contributed by atoms with Crippen molar-refractivity contribution in [2.75, 3.05) is 19.0 Å². The van der Waals surface area contributed by atoms with Gasteiger partial charge in [-0.05, 0) is 52.3 Å². The molecule has 0 saturated carbocycles. The zero-order valence-electron chi connectivity index (χ0n) is 14.5. The summed E-state index contributed by atoms with van der Waals surface area (Å²) in [4.78, 5) is 27.0. The third-order valence-electron chi connectivity index (χ3n) is 3.65. The van der Waals surface area contributed by atoms with Crippen LogP contribution in [0.3, 0.4) is 0 Å². The lowest BCUT2D eigenvalue weighted by atomic mass is 10.3. The monoisotopic (exact) mass is 448 g/mol. The van der Waals surface area contributed by atoms with Gasteiger partial charge in [0.1, 0.15) is 5.75 Å². The number of likely N-dealkylation sites (N-methyl/N-ethyl adjacent to an activating group) is 1. The van der Waals surface area contributed by atoms with Crippen LogP contribution in [0.5, 0.6) is 5.75 Å². The molecular weight excluding hydrogens is 432 g/mol. The van der Waals surface area contributed by atoms with Crippen LogP contribution in [0.4, 0.5) is 5.69 Å². The van der Waals surface area contributed by atoms with Gasteiger partial charge in [-0.3, -0.25) is 9.59 Å². The summed E-state index contributed by atoms with van der Waals surface area (Å²) in [6.45, 7) is 0.441. The molecule has 2 aromatic heterocycles. The Kier molecular flexibility index (Phi) is 6.31. The van der Waals surface area contributed by atoms with Crippen LogP contribution in [0.25, 0.3) is 0 Å². The van der Waals surface area contributed by atoms with Gasteiger partial charge in [0, 0.05) is 23.7 Å². The molecule has 8 heteroatoms. The fourth-order valence-corrected chi connectivity index (χ4v) is 3.81. The van der Waals surface area contributed by atoms with E-state index in [1.165, 1.54) is 6.26 Å². The topological polar surface area (TPSA) is 71.8 Å². The number of nitrogens with one attached hydrogen (secondary N) is 1. The number of nitrogens with zero attached hydrogens (tertiary/aromatic N) is 1. The summed E-state index contributed by atoms with van der Waals surface area (Å²) in [5.74, 6) is 0.228. The Morgan fingerprint density at radius 3 is 2.78 bits per heavy atom. The van der Waals surface area contributed by atoms with Crippen LogP contribution in [0.2, 0.25) is 0 Å². The van der Waals surface area contributed by atoms with E-state index >= 15 is 0 Å². The van der Waals surface area contributed by atoms with Gasteiger partial charge in [-0.2, -0.15) is 0 Å². The molecule has 0 aliphatic heterocycles. The van der Waals surface area contributed by atoms with E-state index in [0.29, 0.717) is 18.0 Å². The number of carbonyl (C=O) groups is 2. The molecule has 0 aliphatic carbocycles. The van der Waals surface area contributed by atoms with E-state index in [2.05, 4.69) is 21.2 Å². The Morgan fingerprint density at radius 1 is 1.22 bits per heavy atom. The second kappa shape index (κ2) is 8.88. The Hall–Kier alpha value is -2.58. The number of thiophene rings is 1. The Balaban J connectivity index is 1.53.